The second kappa shape index (κ2) is 9.12. The Hall–Kier alpha value is -1.11. The molecular weight excluding hydrogens is 304 g/mol. The predicted molar refractivity (Wildman–Crippen MR) is 88.3 cm³/mol. The molecule has 2 rings (SSSR count). The van der Waals surface area contributed by atoms with Gasteiger partial charge in [-0.25, -0.2) is 0 Å². The number of hydrogen-bond acceptors (Lipinski definition) is 5. The van der Waals surface area contributed by atoms with Gasteiger partial charge >= 0.3 is 5.97 Å². The standard InChI is InChI=1S/C15H26N4O2.ClH/c1-4-21-15(20)11-19-13(3)14(12(2)17-19)10-18-8-5-6-16-7-9-18;/h16H,4-11H2,1-3H3;1H. The number of esters is 1. The van der Waals surface area contributed by atoms with Crippen LogP contribution in [0.5, 0.6) is 0 Å². The van der Waals surface area contributed by atoms with Crippen molar-refractivity contribution in [3.63, 3.8) is 0 Å². The van der Waals surface area contributed by atoms with Crippen molar-refractivity contribution in [1.82, 2.24) is 20.0 Å². The quantitative estimate of drug-likeness (QED) is 0.824. The van der Waals surface area contributed by atoms with Crippen molar-refractivity contribution in [2.75, 3.05) is 32.8 Å². The third-order valence-corrected chi connectivity index (χ3v) is 3.93. The zero-order valence-corrected chi connectivity index (χ0v) is 14.5. The van der Waals surface area contributed by atoms with E-state index in [1.807, 2.05) is 20.8 Å². The van der Waals surface area contributed by atoms with Gasteiger partial charge in [-0.2, -0.15) is 5.10 Å². The summed E-state index contributed by atoms with van der Waals surface area (Å²) in [7, 11) is 0. The Morgan fingerprint density at radius 2 is 2.09 bits per heavy atom. The number of hydrogen-bond donors (Lipinski definition) is 1. The Balaban J connectivity index is 0.00000242. The molecule has 22 heavy (non-hydrogen) atoms. The molecule has 1 saturated heterocycles. The largest absolute Gasteiger partial charge is 0.465 e. The summed E-state index contributed by atoms with van der Waals surface area (Å²) >= 11 is 0. The average Bonchev–Trinajstić information content (AvgIpc) is 2.65. The number of carbonyl (C=O) groups is 1. The van der Waals surface area contributed by atoms with E-state index in [1.165, 1.54) is 12.0 Å². The van der Waals surface area contributed by atoms with Gasteiger partial charge in [0, 0.05) is 30.9 Å². The molecule has 0 atom stereocenters. The fourth-order valence-electron chi connectivity index (χ4n) is 2.73. The summed E-state index contributed by atoms with van der Waals surface area (Å²) < 4.78 is 6.76. The fraction of sp³-hybridized carbons (Fsp3) is 0.733. The number of rotatable bonds is 5. The molecule has 0 spiro atoms. The summed E-state index contributed by atoms with van der Waals surface area (Å²) in [6, 6.07) is 0. The predicted octanol–water partition coefficient (Wildman–Crippen LogP) is 1.28. The number of nitrogens with zero attached hydrogens (tertiary/aromatic N) is 3. The van der Waals surface area contributed by atoms with Crippen LogP contribution in [0.25, 0.3) is 0 Å². The second-order valence-electron chi connectivity index (χ2n) is 5.49. The lowest BCUT2D eigenvalue weighted by Gasteiger charge is -2.19. The Morgan fingerprint density at radius 3 is 2.82 bits per heavy atom. The topological polar surface area (TPSA) is 59.4 Å². The third kappa shape index (κ3) is 4.97. The maximum Gasteiger partial charge on any atom is 0.327 e. The van der Waals surface area contributed by atoms with Crippen molar-refractivity contribution >= 4 is 18.4 Å². The number of aryl methyl sites for hydroxylation is 1. The molecule has 1 aromatic heterocycles. The van der Waals surface area contributed by atoms with Gasteiger partial charge in [-0.05, 0) is 40.3 Å². The van der Waals surface area contributed by atoms with Crippen LogP contribution < -0.4 is 5.32 Å². The number of nitrogens with one attached hydrogen (secondary N) is 1. The lowest BCUT2D eigenvalue weighted by atomic mass is 10.2. The number of ether oxygens (including phenoxy) is 1. The highest BCUT2D eigenvalue weighted by Gasteiger charge is 2.17. The highest BCUT2D eigenvalue weighted by Crippen LogP contribution is 2.16. The Morgan fingerprint density at radius 1 is 1.32 bits per heavy atom. The summed E-state index contributed by atoms with van der Waals surface area (Å²) in [5, 5.41) is 7.91. The molecule has 126 valence electrons. The van der Waals surface area contributed by atoms with Crippen LogP contribution >= 0.6 is 12.4 Å². The number of aromatic nitrogens is 2. The SMILES string of the molecule is CCOC(=O)Cn1nc(C)c(CN2CCCNCC2)c1C.Cl. The van der Waals surface area contributed by atoms with Gasteiger partial charge in [0.15, 0.2) is 0 Å². The zero-order valence-electron chi connectivity index (χ0n) is 13.7. The maximum atomic E-state index is 11.6. The minimum atomic E-state index is -0.228. The number of carbonyl (C=O) groups excluding carboxylic acids is 1. The molecular formula is C15H27ClN4O2. The first-order valence-electron chi connectivity index (χ1n) is 7.73. The lowest BCUT2D eigenvalue weighted by Crippen LogP contribution is -2.28. The second-order valence-corrected chi connectivity index (χ2v) is 5.49. The molecule has 1 aliphatic rings. The van der Waals surface area contributed by atoms with Crippen LogP contribution in [-0.4, -0.2) is 53.4 Å². The summed E-state index contributed by atoms with van der Waals surface area (Å²) in [6.45, 7) is 11.7. The molecule has 0 amide bonds. The molecule has 7 heteroatoms. The smallest absolute Gasteiger partial charge is 0.327 e. The van der Waals surface area contributed by atoms with Crippen LogP contribution in [-0.2, 0) is 22.6 Å². The summed E-state index contributed by atoms with van der Waals surface area (Å²) in [6.07, 6.45) is 1.18. The fourth-order valence-corrected chi connectivity index (χ4v) is 2.73. The average molecular weight is 331 g/mol. The summed E-state index contributed by atoms with van der Waals surface area (Å²) in [5.41, 5.74) is 3.31. The Kier molecular flexibility index (Phi) is 7.85. The van der Waals surface area contributed by atoms with Gasteiger partial charge in [-0.1, -0.05) is 0 Å². The third-order valence-electron chi connectivity index (χ3n) is 3.93. The van der Waals surface area contributed by atoms with E-state index in [-0.39, 0.29) is 24.9 Å². The van der Waals surface area contributed by atoms with E-state index in [2.05, 4.69) is 15.3 Å². The lowest BCUT2D eigenvalue weighted by molar-refractivity contribution is -0.144. The van der Waals surface area contributed by atoms with Gasteiger partial charge in [0.05, 0.1) is 12.3 Å². The van der Waals surface area contributed by atoms with Crippen molar-refractivity contribution in [2.24, 2.45) is 0 Å². The van der Waals surface area contributed by atoms with E-state index >= 15 is 0 Å². The normalized spacial score (nSPS) is 16.0. The molecule has 0 bridgehead atoms. The van der Waals surface area contributed by atoms with Gasteiger partial charge < -0.3 is 10.1 Å². The van der Waals surface area contributed by atoms with Gasteiger partial charge in [0.1, 0.15) is 6.54 Å². The summed E-state index contributed by atoms with van der Waals surface area (Å²) in [5.74, 6) is -0.228. The van der Waals surface area contributed by atoms with Crippen LogP contribution in [0.1, 0.15) is 30.3 Å². The van der Waals surface area contributed by atoms with E-state index < -0.39 is 0 Å². The highest BCUT2D eigenvalue weighted by molar-refractivity contribution is 5.85. The minimum Gasteiger partial charge on any atom is -0.465 e. The van der Waals surface area contributed by atoms with E-state index in [0.29, 0.717) is 6.61 Å². The highest BCUT2D eigenvalue weighted by atomic mass is 35.5. The maximum absolute atomic E-state index is 11.6. The monoisotopic (exact) mass is 330 g/mol. The van der Waals surface area contributed by atoms with Crippen molar-refractivity contribution < 1.29 is 9.53 Å². The van der Waals surface area contributed by atoms with Crippen LogP contribution in [0.3, 0.4) is 0 Å². The van der Waals surface area contributed by atoms with E-state index in [1.54, 1.807) is 4.68 Å². The molecule has 1 N–H and O–H groups in total. The molecule has 0 aliphatic carbocycles. The van der Waals surface area contributed by atoms with Gasteiger partial charge in [0.25, 0.3) is 0 Å². The molecule has 0 aromatic carbocycles. The van der Waals surface area contributed by atoms with Gasteiger partial charge in [0.2, 0.25) is 0 Å². The van der Waals surface area contributed by atoms with Crippen molar-refractivity contribution in [1.29, 1.82) is 0 Å². The van der Waals surface area contributed by atoms with Crippen molar-refractivity contribution in [3.8, 4) is 0 Å². The number of halogens is 1. The van der Waals surface area contributed by atoms with E-state index in [4.69, 9.17) is 4.74 Å². The van der Waals surface area contributed by atoms with Gasteiger partial charge in [-0.3, -0.25) is 14.4 Å². The molecule has 1 aromatic rings. The zero-order chi connectivity index (χ0) is 15.2. The van der Waals surface area contributed by atoms with Gasteiger partial charge in [-0.15, -0.1) is 12.4 Å². The van der Waals surface area contributed by atoms with Crippen LogP contribution in [0.15, 0.2) is 0 Å². The summed E-state index contributed by atoms with van der Waals surface area (Å²) in [4.78, 5) is 14.1. The molecule has 0 saturated carbocycles. The van der Waals surface area contributed by atoms with Crippen LogP contribution in [0.2, 0.25) is 0 Å². The first-order valence-corrected chi connectivity index (χ1v) is 7.73. The molecule has 1 aliphatic heterocycles. The first kappa shape index (κ1) is 18.9. The Labute approximate surface area is 138 Å². The molecule has 6 nitrogen and oxygen atoms in total. The molecule has 2 heterocycles. The molecule has 0 radical (unpaired) electrons. The molecule has 1 fully saturated rings. The Bertz CT molecular complexity index is 482. The molecule has 0 unspecified atom stereocenters. The van der Waals surface area contributed by atoms with Crippen LogP contribution in [0, 0.1) is 13.8 Å². The van der Waals surface area contributed by atoms with Crippen molar-refractivity contribution in [2.45, 2.75) is 40.3 Å². The van der Waals surface area contributed by atoms with Crippen LogP contribution in [0.4, 0.5) is 0 Å². The minimum absolute atomic E-state index is 0. The first-order chi connectivity index (χ1) is 10.1. The van der Waals surface area contributed by atoms with E-state index in [9.17, 15) is 4.79 Å². The van der Waals surface area contributed by atoms with Crippen molar-refractivity contribution in [3.05, 3.63) is 17.0 Å². The van der Waals surface area contributed by atoms with E-state index in [0.717, 1.165) is 44.1 Å².